The van der Waals surface area contributed by atoms with Crippen LogP contribution in [0.25, 0.3) is 0 Å². The van der Waals surface area contributed by atoms with E-state index in [0.717, 1.165) is 12.8 Å². The minimum atomic E-state index is -0.558. The number of amides is 2. The maximum Gasteiger partial charge on any atom is 0.269 e. The van der Waals surface area contributed by atoms with Gasteiger partial charge in [-0.05, 0) is 36.1 Å². The van der Waals surface area contributed by atoms with Crippen LogP contribution in [0, 0.1) is 21.8 Å². The molecule has 1 atom stereocenters. The number of carbonyl (C=O) groups is 2. The molecular weight excluding hydrogens is 403 g/mol. The fourth-order valence-corrected chi connectivity index (χ4v) is 3.66. The van der Waals surface area contributed by atoms with Gasteiger partial charge in [-0.25, -0.2) is 9.40 Å². The van der Waals surface area contributed by atoms with Crippen LogP contribution >= 0.6 is 0 Å². The molecule has 4 rings (SSSR count). The third kappa shape index (κ3) is 4.45. The van der Waals surface area contributed by atoms with Crippen LogP contribution in [-0.2, 0) is 9.59 Å². The molecule has 1 aliphatic carbocycles. The lowest BCUT2D eigenvalue weighted by atomic mass is 9.98. The van der Waals surface area contributed by atoms with Crippen molar-refractivity contribution in [3.8, 4) is 0 Å². The Balaban J connectivity index is 1.63. The van der Waals surface area contributed by atoms with Gasteiger partial charge in [0.2, 0.25) is 5.91 Å². The molecular formula is C22H21FN4O4. The second kappa shape index (κ2) is 8.25. The predicted octanol–water partition coefficient (Wildman–Crippen LogP) is 3.28. The van der Waals surface area contributed by atoms with Gasteiger partial charge >= 0.3 is 0 Å². The molecule has 1 unspecified atom stereocenters. The van der Waals surface area contributed by atoms with E-state index in [1.165, 1.54) is 34.2 Å². The Bertz CT molecular complexity index is 1070. The van der Waals surface area contributed by atoms with Crippen molar-refractivity contribution < 1.29 is 18.9 Å². The second-order valence-corrected chi connectivity index (χ2v) is 7.83. The summed E-state index contributed by atoms with van der Waals surface area (Å²) in [5, 5.41) is 17.0. The average molecular weight is 424 g/mol. The van der Waals surface area contributed by atoms with E-state index >= 15 is 0 Å². The van der Waals surface area contributed by atoms with Gasteiger partial charge in [-0.3, -0.25) is 19.7 Å². The van der Waals surface area contributed by atoms with E-state index in [4.69, 9.17) is 0 Å². The molecule has 0 saturated heterocycles. The molecule has 1 heterocycles. The topological polar surface area (TPSA) is 96.1 Å². The van der Waals surface area contributed by atoms with Crippen LogP contribution in [0.4, 0.5) is 10.1 Å². The largest absolute Gasteiger partial charge is 0.336 e. The molecule has 0 N–H and O–H groups in total. The van der Waals surface area contributed by atoms with Gasteiger partial charge in [0, 0.05) is 31.5 Å². The molecule has 0 aromatic heterocycles. The third-order valence-corrected chi connectivity index (χ3v) is 5.48. The van der Waals surface area contributed by atoms with Gasteiger partial charge in [0.25, 0.3) is 11.6 Å². The van der Waals surface area contributed by atoms with Crippen molar-refractivity contribution in [2.75, 3.05) is 13.6 Å². The summed E-state index contributed by atoms with van der Waals surface area (Å²) in [6.45, 7) is -0.138. The number of nitrogens with zero attached hydrogens (tertiary/aromatic N) is 4. The lowest BCUT2D eigenvalue weighted by molar-refractivity contribution is -0.385. The van der Waals surface area contributed by atoms with Crippen LogP contribution < -0.4 is 0 Å². The second-order valence-electron chi connectivity index (χ2n) is 7.83. The van der Waals surface area contributed by atoms with E-state index in [1.54, 1.807) is 31.3 Å². The van der Waals surface area contributed by atoms with E-state index in [0.29, 0.717) is 23.3 Å². The number of hydrogen-bond donors (Lipinski definition) is 0. The summed E-state index contributed by atoms with van der Waals surface area (Å²) in [6.07, 6.45) is 1.99. The molecule has 2 amide bonds. The van der Waals surface area contributed by atoms with Crippen LogP contribution in [-0.4, -0.2) is 46.0 Å². The summed E-state index contributed by atoms with van der Waals surface area (Å²) < 4.78 is 13.3. The number of hydrogen-bond acceptors (Lipinski definition) is 5. The standard InChI is InChI=1S/C22H21FN4O4/c1-25(22(29)15-5-6-15)13-21(28)26-20(16-3-2-4-18(11-16)27(30)31)12-19(24-26)14-7-9-17(23)10-8-14/h2-4,7-11,15,20H,5-6,12-13H2,1H3. The summed E-state index contributed by atoms with van der Waals surface area (Å²) in [7, 11) is 1.58. The maximum absolute atomic E-state index is 13.3. The molecule has 1 aliphatic heterocycles. The molecule has 1 fully saturated rings. The Morgan fingerprint density at radius 2 is 1.94 bits per heavy atom. The Morgan fingerprint density at radius 3 is 2.58 bits per heavy atom. The molecule has 2 aromatic carbocycles. The molecule has 1 saturated carbocycles. The van der Waals surface area contributed by atoms with Crippen molar-refractivity contribution in [3.05, 3.63) is 75.6 Å². The Labute approximate surface area is 178 Å². The van der Waals surface area contributed by atoms with Crippen LogP contribution in [0.3, 0.4) is 0 Å². The molecule has 2 aromatic rings. The molecule has 160 valence electrons. The zero-order chi connectivity index (χ0) is 22.1. The molecule has 8 nitrogen and oxygen atoms in total. The van der Waals surface area contributed by atoms with Crippen molar-refractivity contribution in [1.29, 1.82) is 0 Å². The summed E-state index contributed by atoms with van der Waals surface area (Å²) >= 11 is 0. The molecule has 0 spiro atoms. The number of halogens is 1. The highest BCUT2D eigenvalue weighted by Gasteiger charge is 2.37. The lowest BCUT2D eigenvalue weighted by Gasteiger charge is -2.24. The van der Waals surface area contributed by atoms with Gasteiger partial charge in [-0.15, -0.1) is 0 Å². The minimum absolute atomic E-state index is 0.0118. The van der Waals surface area contributed by atoms with Crippen molar-refractivity contribution in [2.45, 2.75) is 25.3 Å². The Kier molecular flexibility index (Phi) is 5.50. The number of rotatable bonds is 6. The van der Waals surface area contributed by atoms with E-state index in [1.807, 2.05) is 0 Å². The van der Waals surface area contributed by atoms with Crippen molar-refractivity contribution >= 4 is 23.2 Å². The van der Waals surface area contributed by atoms with Gasteiger partial charge in [-0.1, -0.05) is 24.3 Å². The highest BCUT2D eigenvalue weighted by atomic mass is 19.1. The summed E-state index contributed by atoms with van der Waals surface area (Å²) in [4.78, 5) is 37.4. The van der Waals surface area contributed by atoms with E-state index in [2.05, 4.69) is 5.10 Å². The predicted molar refractivity (Wildman–Crippen MR) is 111 cm³/mol. The zero-order valence-corrected chi connectivity index (χ0v) is 16.9. The summed E-state index contributed by atoms with van der Waals surface area (Å²) in [5.74, 6) is -0.847. The van der Waals surface area contributed by atoms with Gasteiger partial charge < -0.3 is 4.90 Å². The number of carbonyl (C=O) groups excluding carboxylic acids is 2. The molecule has 9 heteroatoms. The van der Waals surface area contributed by atoms with Crippen LogP contribution in [0.1, 0.15) is 36.4 Å². The number of nitro groups is 1. The summed E-state index contributed by atoms with van der Waals surface area (Å²) in [5.41, 5.74) is 1.72. The highest BCUT2D eigenvalue weighted by molar-refractivity contribution is 6.03. The quantitative estimate of drug-likeness (QED) is 0.525. The van der Waals surface area contributed by atoms with Crippen LogP contribution in [0.5, 0.6) is 0 Å². The number of non-ortho nitro benzene ring substituents is 1. The first-order chi connectivity index (χ1) is 14.8. The smallest absolute Gasteiger partial charge is 0.269 e. The first-order valence-corrected chi connectivity index (χ1v) is 9.98. The van der Waals surface area contributed by atoms with E-state index < -0.39 is 11.0 Å². The first-order valence-electron chi connectivity index (χ1n) is 9.98. The van der Waals surface area contributed by atoms with Crippen LogP contribution in [0.15, 0.2) is 53.6 Å². The molecule has 31 heavy (non-hydrogen) atoms. The van der Waals surface area contributed by atoms with Gasteiger partial charge in [-0.2, -0.15) is 5.10 Å². The lowest BCUT2D eigenvalue weighted by Crippen LogP contribution is -2.39. The normalized spacial score (nSPS) is 17.9. The molecule has 2 aliphatic rings. The fourth-order valence-electron chi connectivity index (χ4n) is 3.66. The maximum atomic E-state index is 13.3. The third-order valence-electron chi connectivity index (χ3n) is 5.48. The fraction of sp³-hybridized carbons (Fsp3) is 0.318. The van der Waals surface area contributed by atoms with Crippen molar-refractivity contribution in [3.63, 3.8) is 0 Å². The molecule has 0 radical (unpaired) electrons. The van der Waals surface area contributed by atoms with E-state index in [9.17, 15) is 24.1 Å². The number of nitro benzene ring substituents is 1. The number of hydrazone groups is 1. The van der Waals surface area contributed by atoms with Crippen molar-refractivity contribution in [1.82, 2.24) is 9.91 Å². The average Bonchev–Trinajstić information content (AvgIpc) is 3.51. The zero-order valence-electron chi connectivity index (χ0n) is 16.9. The Morgan fingerprint density at radius 1 is 1.23 bits per heavy atom. The van der Waals surface area contributed by atoms with Gasteiger partial charge in [0.15, 0.2) is 0 Å². The van der Waals surface area contributed by atoms with Crippen molar-refractivity contribution in [2.24, 2.45) is 11.0 Å². The molecule has 0 bridgehead atoms. The van der Waals surface area contributed by atoms with Crippen LogP contribution in [0.2, 0.25) is 0 Å². The number of likely N-dealkylation sites (N-methyl/N-ethyl adjacent to an activating group) is 1. The van der Waals surface area contributed by atoms with E-state index in [-0.39, 0.29) is 35.8 Å². The first kappa shape index (κ1) is 20.6. The Hall–Kier alpha value is -3.62. The monoisotopic (exact) mass is 424 g/mol. The minimum Gasteiger partial charge on any atom is -0.336 e. The number of benzene rings is 2. The van der Waals surface area contributed by atoms with Gasteiger partial charge in [0.1, 0.15) is 12.4 Å². The summed E-state index contributed by atoms with van der Waals surface area (Å²) in [6, 6.07) is 11.3. The van der Waals surface area contributed by atoms with Gasteiger partial charge in [0.05, 0.1) is 16.7 Å². The SMILES string of the molecule is CN(CC(=O)N1N=C(c2ccc(F)cc2)CC1c1cccc([N+](=O)[O-])c1)C(=O)C1CC1. The highest BCUT2D eigenvalue weighted by Crippen LogP contribution is 2.35.